The van der Waals surface area contributed by atoms with Crippen molar-refractivity contribution in [3.05, 3.63) is 18.1 Å². The third-order valence-corrected chi connectivity index (χ3v) is 3.76. The number of hydrogen-bond donors (Lipinski definition) is 1. The molecule has 0 atom stereocenters. The molecule has 0 saturated carbocycles. The highest BCUT2D eigenvalue weighted by Crippen LogP contribution is 2.27. The molecule has 1 aromatic rings. The molecule has 1 N–H and O–H groups in total. The Balaban J connectivity index is 2.07. The Morgan fingerprint density at radius 2 is 2.10 bits per heavy atom. The first kappa shape index (κ1) is 15.1. The van der Waals surface area contributed by atoms with Crippen LogP contribution >= 0.6 is 0 Å². The number of hydrogen-bond acceptors (Lipinski definition) is 5. The Bertz CT molecular complexity index is 586. The van der Waals surface area contributed by atoms with Crippen LogP contribution in [0.5, 0.6) is 5.88 Å². The quantitative estimate of drug-likeness (QED) is 0.845. The largest absolute Gasteiger partial charge is 0.472 e. The summed E-state index contributed by atoms with van der Waals surface area (Å²) in [6, 6.07) is 0.562. The monoisotopic (exact) mass is 309 g/mol. The Labute approximate surface area is 114 Å². The van der Waals surface area contributed by atoms with Gasteiger partial charge in [0.25, 0.3) is 16.0 Å². The molecule has 0 bridgehead atoms. The van der Waals surface area contributed by atoms with Gasteiger partial charge in [0.05, 0.1) is 6.20 Å². The third-order valence-electron chi connectivity index (χ3n) is 2.94. The molecule has 1 aliphatic heterocycles. The fourth-order valence-electron chi connectivity index (χ4n) is 1.73. The van der Waals surface area contributed by atoms with Gasteiger partial charge in [-0.1, -0.05) is 0 Å². The lowest BCUT2D eigenvalue weighted by molar-refractivity contribution is -0.0337. The van der Waals surface area contributed by atoms with Crippen LogP contribution in [0, 0.1) is 5.82 Å². The highest BCUT2D eigenvalue weighted by Gasteiger charge is 2.33. The highest BCUT2D eigenvalue weighted by molar-refractivity contribution is 7.85. The molecule has 20 heavy (non-hydrogen) atoms. The van der Waals surface area contributed by atoms with Gasteiger partial charge in [-0.15, -0.1) is 0 Å². The third kappa shape index (κ3) is 3.62. The first-order valence-corrected chi connectivity index (χ1v) is 7.27. The topological polar surface area (TPSA) is 85.7 Å². The zero-order valence-electron chi connectivity index (χ0n) is 10.4. The standard InChI is InChI=1S/C11H13F2NO5S/c12-9-5-8(20(15,16)17)6-14-10(9)19-7-11(13)1-3-18-4-2-11/h5-6H,1-4,7H2,(H,15,16,17). The summed E-state index contributed by atoms with van der Waals surface area (Å²) < 4.78 is 68.0. The minimum Gasteiger partial charge on any atom is -0.472 e. The molecule has 6 nitrogen and oxygen atoms in total. The van der Waals surface area contributed by atoms with E-state index >= 15 is 0 Å². The van der Waals surface area contributed by atoms with Gasteiger partial charge in [-0.05, 0) is 0 Å². The minimum atomic E-state index is -4.54. The molecule has 1 fully saturated rings. The maximum atomic E-state index is 14.2. The van der Waals surface area contributed by atoms with E-state index in [9.17, 15) is 17.2 Å². The average molecular weight is 309 g/mol. The van der Waals surface area contributed by atoms with Crippen molar-refractivity contribution in [2.45, 2.75) is 23.4 Å². The summed E-state index contributed by atoms with van der Waals surface area (Å²) in [6.07, 6.45) is 1.01. The van der Waals surface area contributed by atoms with Crippen molar-refractivity contribution in [2.75, 3.05) is 19.8 Å². The van der Waals surface area contributed by atoms with Crippen LogP contribution in [0.2, 0.25) is 0 Å². The summed E-state index contributed by atoms with van der Waals surface area (Å²) in [5.41, 5.74) is -1.62. The van der Waals surface area contributed by atoms with E-state index in [-0.39, 0.29) is 26.1 Å². The van der Waals surface area contributed by atoms with Gasteiger partial charge >= 0.3 is 0 Å². The van der Waals surface area contributed by atoms with Crippen LogP contribution in [-0.2, 0) is 14.9 Å². The van der Waals surface area contributed by atoms with Crippen molar-refractivity contribution in [2.24, 2.45) is 0 Å². The lowest BCUT2D eigenvalue weighted by Gasteiger charge is -2.28. The van der Waals surface area contributed by atoms with Crippen molar-refractivity contribution >= 4 is 10.1 Å². The predicted molar refractivity (Wildman–Crippen MR) is 63.4 cm³/mol. The maximum Gasteiger partial charge on any atom is 0.296 e. The first-order chi connectivity index (χ1) is 9.30. The van der Waals surface area contributed by atoms with E-state index in [2.05, 4.69) is 4.98 Å². The SMILES string of the molecule is O=S(=O)(O)c1cnc(OCC2(F)CCOCC2)c(F)c1. The minimum absolute atomic E-state index is 0.137. The molecule has 0 aromatic carbocycles. The van der Waals surface area contributed by atoms with Crippen molar-refractivity contribution in [3.63, 3.8) is 0 Å². The molecule has 1 aliphatic rings. The second-order valence-electron chi connectivity index (χ2n) is 4.49. The van der Waals surface area contributed by atoms with Gasteiger partial charge in [0.2, 0.25) is 0 Å². The van der Waals surface area contributed by atoms with Crippen LogP contribution < -0.4 is 4.74 Å². The van der Waals surface area contributed by atoms with Crippen LogP contribution in [0.4, 0.5) is 8.78 Å². The van der Waals surface area contributed by atoms with Crippen LogP contribution in [0.25, 0.3) is 0 Å². The smallest absolute Gasteiger partial charge is 0.296 e. The number of ether oxygens (including phenoxy) is 2. The van der Waals surface area contributed by atoms with E-state index in [1.54, 1.807) is 0 Å². The van der Waals surface area contributed by atoms with Crippen molar-refractivity contribution in [3.8, 4) is 5.88 Å². The number of alkyl halides is 1. The summed E-state index contributed by atoms with van der Waals surface area (Å²) in [5.74, 6) is -1.60. The van der Waals surface area contributed by atoms with Crippen molar-refractivity contribution in [1.29, 1.82) is 0 Å². The summed E-state index contributed by atoms with van der Waals surface area (Å²) in [7, 11) is -4.54. The zero-order valence-corrected chi connectivity index (χ0v) is 11.2. The highest BCUT2D eigenvalue weighted by atomic mass is 32.2. The van der Waals surface area contributed by atoms with E-state index in [4.69, 9.17) is 14.0 Å². The van der Waals surface area contributed by atoms with Gasteiger partial charge in [-0.25, -0.2) is 13.8 Å². The Kier molecular flexibility index (Phi) is 4.21. The average Bonchev–Trinajstić information content (AvgIpc) is 2.37. The molecular weight excluding hydrogens is 296 g/mol. The molecule has 1 saturated heterocycles. The van der Waals surface area contributed by atoms with E-state index in [1.165, 1.54) is 0 Å². The van der Waals surface area contributed by atoms with E-state index in [1.807, 2.05) is 0 Å². The zero-order chi connectivity index (χ0) is 14.8. The van der Waals surface area contributed by atoms with E-state index in [0.717, 1.165) is 6.20 Å². The van der Waals surface area contributed by atoms with E-state index in [0.29, 0.717) is 6.07 Å². The summed E-state index contributed by atoms with van der Waals surface area (Å²) >= 11 is 0. The van der Waals surface area contributed by atoms with Gasteiger partial charge in [0.1, 0.15) is 17.2 Å². The van der Waals surface area contributed by atoms with Crippen LogP contribution in [0.15, 0.2) is 17.2 Å². The Morgan fingerprint density at radius 1 is 1.45 bits per heavy atom. The van der Waals surface area contributed by atoms with Gasteiger partial charge in [0.15, 0.2) is 5.82 Å². The molecule has 0 aliphatic carbocycles. The molecule has 112 valence electrons. The predicted octanol–water partition coefficient (Wildman–Crippen LogP) is 1.36. The number of aromatic nitrogens is 1. The van der Waals surface area contributed by atoms with Gasteiger partial charge < -0.3 is 9.47 Å². The van der Waals surface area contributed by atoms with Gasteiger partial charge in [0, 0.05) is 32.1 Å². The summed E-state index contributed by atoms with van der Waals surface area (Å²) in [6.45, 7) is 0.125. The van der Waals surface area contributed by atoms with Gasteiger partial charge in [-0.3, -0.25) is 4.55 Å². The molecule has 0 spiro atoms. The number of rotatable bonds is 4. The molecule has 2 heterocycles. The second kappa shape index (κ2) is 5.58. The number of halogens is 2. The molecule has 2 rings (SSSR count). The first-order valence-electron chi connectivity index (χ1n) is 5.83. The molecule has 9 heteroatoms. The molecular formula is C11H13F2NO5S. The second-order valence-corrected chi connectivity index (χ2v) is 5.91. The Morgan fingerprint density at radius 3 is 2.65 bits per heavy atom. The van der Waals surface area contributed by atoms with Crippen molar-refractivity contribution in [1.82, 2.24) is 4.98 Å². The van der Waals surface area contributed by atoms with Crippen LogP contribution in [-0.4, -0.2) is 43.4 Å². The summed E-state index contributed by atoms with van der Waals surface area (Å²) in [5, 5.41) is 0. The molecule has 0 radical (unpaired) electrons. The number of pyridine rings is 1. The lowest BCUT2D eigenvalue weighted by atomic mass is 9.98. The van der Waals surface area contributed by atoms with Gasteiger partial charge in [-0.2, -0.15) is 8.42 Å². The number of nitrogens with zero attached hydrogens (tertiary/aromatic N) is 1. The molecule has 1 aromatic heterocycles. The maximum absolute atomic E-state index is 14.2. The van der Waals surface area contributed by atoms with Crippen LogP contribution in [0.3, 0.4) is 0 Å². The lowest BCUT2D eigenvalue weighted by Crippen LogP contribution is -2.37. The van der Waals surface area contributed by atoms with E-state index < -0.39 is 39.0 Å². The molecule has 0 unspecified atom stereocenters. The Hall–Kier alpha value is -1.32. The summed E-state index contributed by atoms with van der Waals surface area (Å²) in [4.78, 5) is 2.73. The fraction of sp³-hybridized carbons (Fsp3) is 0.545. The normalized spacial score (nSPS) is 18.8. The molecule has 0 amide bonds. The fourth-order valence-corrected chi connectivity index (χ4v) is 2.17. The van der Waals surface area contributed by atoms with Crippen LogP contribution in [0.1, 0.15) is 12.8 Å². The van der Waals surface area contributed by atoms with Crippen molar-refractivity contribution < 1.29 is 31.2 Å².